The third kappa shape index (κ3) is 3.34. The molecule has 0 saturated carbocycles. The topological polar surface area (TPSA) is 47.1 Å². The molecule has 2 amide bonds. The van der Waals surface area contributed by atoms with Crippen LogP contribution in [0.2, 0.25) is 0 Å². The number of hydrogen-bond donors (Lipinski definition) is 0. The van der Waals surface area contributed by atoms with Crippen LogP contribution in [0, 0.1) is 0 Å². The smallest absolute Gasteiger partial charge is 0.250 e. The number of carbonyl (C=O) groups is 2. The standard InChI is InChI=1S/C14H22N4O2S/c1-11-6-4-8-17(15(11)2)12(19)10-13(20)18-9-5-7-14(21)16(18)3/h1,4-10H2,2-3H3. The molecule has 21 heavy (non-hydrogen) atoms. The second-order valence-corrected chi connectivity index (χ2v) is 5.90. The summed E-state index contributed by atoms with van der Waals surface area (Å²) >= 11 is 5.21. The Hall–Kier alpha value is -1.63. The first-order valence-corrected chi connectivity index (χ1v) is 7.61. The lowest BCUT2D eigenvalue weighted by Crippen LogP contribution is -2.53. The molecule has 7 heteroatoms. The molecule has 0 unspecified atom stereocenters. The highest BCUT2D eigenvalue weighted by atomic mass is 32.1. The minimum Gasteiger partial charge on any atom is -0.291 e. The lowest BCUT2D eigenvalue weighted by molar-refractivity contribution is -0.155. The van der Waals surface area contributed by atoms with Gasteiger partial charge in [0.2, 0.25) is 0 Å². The Morgan fingerprint density at radius 1 is 1.05 bits per heavy atom. The van der Waals surface area contributed by atoms with Gasteiger partial charge in [-0.1, -0.05) is 18.8 Å². The van der Waals surface area contributed by atoms with Gasteiger partial charge in [0.25, 0.3) is 11.8 Å². The van der Waals surface area contributed by atoms with Crippen molar-refractivity contribution in [1.82, 2.24) is 20.0 Å². The molecule has 0 N–H and O–H groups in total. The van der Waals surface area contributed by atoms with E-state index in [2.05, 4.69) is 6.58 Å². The van der Waals surface area contributed by atoms with Crippen LogP contribution in [0.15, 0.2) is 12.3 Å². The minimum atomic E-state index is -0.200. The normalized spacial score (nSPS) is 20.1. The Bertz CT molecular complexity index is 438. The van der Waals surface area contributed by atoms with E-state index in [9.17, 15) is 9.59 Å². The molecule has 6 nitrogen and oxygen atoms in total. The second kappa shape index (κ2) is 6.43. The molecule has 116 valence electrons. The van der Waals surface area contributed by atoms with Crippen molar-refractivity contribution in [3.8, 4) is 0 Å². The Kier molecular flexibility index (Phi) is 4.82. The predicted octanol–water partition coefficient (Wildman–Crippen LogP) is 1.16. The zero-order valence-electron chi connectivity index (χ0n) is 12.7. The highest BCUT2D eigenvalue weighted by Crippen LogP contribution is 2.19. The fourth-order valence-electron chi connectivity index (χ4n) is 2.64. The van der Waals surface area contributed by atoms with Crippen molar-refractivity contribution >= 4 is 29.0 Å². The average Bonchev–Trinajstić information content (AvgIpc) is 2.44. The molecule has 2 heterocycles. The summed E-state index contributed by atoms with van der Waals surface area (Å²) in [6.07, 6.45) is 3.31. The Labute approximate surface area is 130 Å². The molecule has 2 rings (SSSR count). The highest BCUT2D eigenvalue weighted by Gasteiger charge is 2.30. The van der Waals surface area contributed by atoms with Crippen molar-refractivity contribution in [3.05, 3.63) is 12.3 Å². The number of amides is 2. The Balaban J connectivity index is 1.97. The Morgan fingerprint density at radius 3 is 2.19 bits per heavy atom. The van der Waals surface area contributed by atoms with Gasteiger partial charge in [0.05, 0.1) is 4.99 Å². The molecule has 0 spiro atoms. The Morgan fingerprint density at radius 2 is 1.57 bits per heavy atom. The van der Waals surface area contributed by atoms with E-state index in [-0.39, 0.29) is 18.2 Å². The van der Waals surface area contributed by atoms with Crippen LogP contribution in [0.1, 0.15) is 32.1 Å². The molecule has 0 aliphatic carbocycles. The highest BCUT2D eigenvalue weighted by molar-refractivity contribution is 7.80. The first-order chi connectivity index (χ1) is 9.91. The molecule has 0 aromatic heterocycles. The van der Waals surface area contributed by atoms with Gasteiger partial charge in [-0.2, -0.15) is 0 Å². The summed E-state index contributed by atoms with van der Waals surface area (Å²) in [7, 11) is 3.59. The first kappa shape index (κ1) is 15.8. The molecule has 2 aliphatic heterocycles. The van der Waals surface area contributed by atoms with E-state index in [0.717, 1.165) is 36.4 Å². The van der Waals surface area contributed by atoms with Gasteiger partial charge in [0, 0.05) is 39.3 Å². The maximum Gasteiger partial charge on any atom is 0.250 e. The van der Waals surface area contributed by atoms with Crippen molar-refractivity contribution in [2.75, 3.05) is 27.2 Å². The van der Waals surface area contributed by atoms with Crippen LogP contribution in [0.3, 0.4) is 0 Å². The van der Waals surface area contributed by atoms with Crippen molar-refractivity contribution < 1.29 is 9.59 Å². The molecule has 0 atom stereocenters. The molecule has 2 aliphatic rings. The van der Waals surface area contributed by atoms with Gasteiger partial charge < -0.3 is 0 Å². The molecule has 0 aromatic rings. The monoisotopic (exact) mass is 310 g/mol. The van der Waals surface area contributed by atoms with Crippen molar-refractivity contribution in [1.29, 1.82) is 0 Å². The third-order valence-corrected chi connectivity index (χ3v) is 4.49. The molecule has 0 aromatic carbocycles. The number of thiocarbonyl (C=S) groups is 1. The summed E-state index contributed by atoms with van der Waals surface area (Å²) in [6, 6.07) is 0. The van der Waals surface area contributed by atoms with Gasteiger partial charge in [0.1, 0.15) is 6.42 Å². The zero-order chi connectivity index (χ0) is 15.6. The van der Waals surface area contributed by atoms with Gasteiger partial charge in [0.15, 0.2) is 0 Å². The number of rotatable bonds is 2. The van der Waals surface area contributed by atoms with Gasteiger partial charge in [-0.3, -0.25) is 29.6 Å². The fraction of sp³-hybridized carbons (Fsp3) is 0.643. The average molecular weight is 310 g/mol. The zero-order valence-corrected chi connectivity index (χ0v) is 13.5. The molecule has 0 radical (unpaired) electrons. The summed E-state index contributed by atoms with van der Waals surface area (Å²) in [5.74, 6) is -0.387. The second-order valence-electron chi connectivity index (χ2n) is 5.42. The van der Waals surface area contributed by atoms with E-state index >= 15 is 0 Å². The van der Waals surface area contributed by atoms with E-state index in [4.69, 9.17) is 12.2 Å². The molecular formula is C14H22N4O2S. The molecule has 2 fully saturated rings. The van der Waals surface area contributed by atoms with Crippen LogP contribution < -0.4 is 0 Å². The fourth-order valence-corrected chi connectivity index (χ4v) is 2.88. The van der Waals surface area contributed by atoms with Gasteiger partial charge in [-0.15, -0.1) is 0 Å². The quantitative estimate of drug-likeness (QED) is 0.566. The predicted molar refractivity (Wildman–Crippen MR) is 83.8 cm³/mol. The molecular weight excluding hydrogens is 288 g/mol. The summed E-state index contributed by atoms with van der Waals surface area (Å²) in [5, 5.41) is 6.62. The van der Waals surface area contributed by atoms with E-state index < -0.39 is 0 Å². The molecule has 0 bridgehead atoms. The number of allylic oxidation sites excluding steroid dienone is 1. The first-order valence-electron chi connectivity index (χ1n) is 7.20. The summed E-state index contributed by atoms with van der Waals surface area (Å²) in [6.45, 7) is 5.18. The van der Waals surface area contributed by atoms with Crippen LogP contribution in [0.5, 0.6) is 0 Å². The summed E-state index contributed by atoms with van der Waals surface area (Å²) in [5.41, 5.74) is 0.901. The van der Waals surface area contributed by atoms with Crippen LogP contribution in [0.4, 0.5) is 0 Å². The van der Waals surface area contributed by atoms with Crippen LogP contribution in [-0.2, 0) is 9.59 Å². The minimum absolute atomic E-state index is 0.134. The number of hydrazine groups is 2. The molecule has 2 saturated heterocycles. The van der Waals surface area contributed by atoms with Crippen molar-refractivity contribution in [3.63, 3.8) is 0 Å². The van der Waals surface area contributed by atoms with Crippen molar-refractivity contribution in [2.45, 2.75) is 32.1 Å². The lowest BCUT2D eigenvalue weighted by Gasteiger charge is -2.40. The van der Waals surface area contributed by atoms with Gasteiger partial charge in [-0.05, 0) is 19.3 Å². The largest absolute Gasteiger partial charge is 0.291 e. The van der Waals surface area contributed by atoms with Gasteiger partial charge >= 0.3 is 0 Å². The maximum absolute atomic E-state index is 12.3. The lowest BCUT2D eigenvalue weighted by atomic mass is 10.2. The van der Waals surface area contributed by atoms with E-state index in [1.165, 1.54) is 0 Å². The van der Waals surface area contributed by atoms with Crippen molar-refractivity contribution in [2.24, 2.45) is 0 Å². The SMILES string of the molecule is C=C1CCCN(C(=O)CC(=O)N2CCCC(=S)N2C)N1C. The van der Waals surface area contributed by atoms with Crippen LogP contribution in [-0.4, -0.2) is 64.0 Å². The van der Waals surface area contributed by atoms with E-state index in [1.54, 1.807) is 27.1 Å². The van der Waals surface area contributed by atoms with Gasteiger partial charge in [-0.25, -0.2) is 0 Å². The number of hydrogen-bond acceptors (Lipinski definition) is 4. The summed E-state index contributed by atoms with van der Waals surface area (Å²) < 4.78 is 0. The van der Waals surface area contributed by atoms with Crippen LogP contribution >= 0.6 is 12.2 Å². The number of carbonyl (C=O) groups excluding carboxylic acids is 2. The van der Waals surface area contributed by atoms with E-state index in [1.807, 2.05) is 7.05 Å². The van der Waals surface area contributed by atoms with Crippen LogP contribution in [0.25, 0.3) is 0 Å². The number of nitrogens with zero attached hydrogens (tertiary/aromatic N) is 4. The maximum atomic E-state index is 12.3. The van der Waals surface area contributed by atoms with E-state index in [0.29, 0.717) is 13.1 Å². The summed E-state index contributed by atoms with van der Waals surface area (Å²) in [4.78, 5) is 25.4. The third-order valence-electron chi connectivity index (χ3n) is 4.02.